The first kappa shape index (κ1) is 11.6. The summed E-state index contributed by atoms with van der Waals surface area (Å²) < 4.78 is 1.92. The van der Waals surface area contributed by atoms with Gasteiger partial charge in [0, 0.05) is 17.7 Å². The van der Waals surface area contributed by atoms with E-state index in [2.05, 4.69) is 32.2 Å². The van der Waals surface area contributed by atoms with Gasteiger partial charge in [0.25, 0.3) is 0 Å². The van der Waals surface area contributed by atoms with E-state index < -0.39 is 0 Å². The fraction of sp³-hybridized carbons (Fsp3) is 0.231. The van der Waals surface area contributed by atoms with Gasteiger partial charge in [-0.05, 0) is 6.42 Å². The van der Waals surface area contributed by atoms with Crippen LogP contribution in [-0.4, -0.2) is 29.9 Å². The maximum Gasteiger partial charge on any atom is 0.158 e. The quantitative estimate of drug-likeness (QED) is 0.774. The van der Waals surface area contributed by atoms with Crippen LogP contribution in [0, 0.1) is 0 Å². The molecule has 0 amide bonds. The average Bonchev–Trinajstić information content (AvgIpc) is 3.10. The number of aromatic amines is 1. The Bertz CT molecular complexity index is 638. The Labute approximate surface area is 110 Å². The van der Waals surface area contributed by atoms with Gasteiger partial charge in [-0.2, -0.15) is 10.2 Å². The molecule has 1 aromatic carbocycles. The monoisotopic (exact) mass is 254 g/mol. The molecule has 2 aromatic heterocycles. The van der Waals surface area contributed by atoms with E-state index in [1.165, 1.54) is 6.33 Å². The molecule has 0 bridgehead atoms. The molecule has 3 aromatic rings. The van der Waals surface area contributed by atoms with Crippen LogP contribution in [0.3, 0.4) is 0 Å². The number of aromatic nitrogens is 6. The minimum absolute atomic E-state index is 0.765. The van der Waals surface area contributed by atoms with Crippen molar-refractivity contribution in [3.63, 3.8) is 0 Å². The molecule has 19 heavy (non-hydrogen) atoms. The molecule has 2 heterocycles. The van der Waals surface area contributed by atoms with Crippen molar-refractivity contribution in [3.8, 4) is 22.8 Å². The Morgan fingerprint density at radius 3 is 2.53 bits per heavy atom. The first-order valence-electron chi connectivity index (χ1n) is 6.22. The highest BCUT2D eigenvalue weighted by molar-refractivity contribution is 5.62. The topological polar surface area (TPSA) is 72.3 Å². The summed E-state index contributed by atoms with van der Waals surface area (Å²) in [5.41, 5.74) is 2.05. The second kappa shape index (κ2) is 5.01. The molecule has 0 saturated heterocycles. The normalized spacial score (nSPS) is 10.8. The Kier molecular flexibility index (Phi) is 3.06. The van der Waals surface area contributed by atoms with Gasteiger partial charge in [0.05, 0.1) is 0 Å². The molecule has 1 N–H and O–H groups in total. The maximum absolute atomic E-state index is 4.31. The molecule has 0 radical (unpaired) electrons. The Morgan fingerprint density at radius 2 is 1.84 bits per heavy atom. The van der Waals surface area contributed by atoms with Crippen molar-refractivity contribution < 1.29 is 0 Å². The summed E-state index contributed by atoms with van der Waals surface area (Å²) in [6.45, 7) is 3.00. The van der Waals surface area contributed by atoms with Crippen molar-refractivity contribution in [3.05, 3.63) is 36.9 Å². The lowest BCUT2D eigenvalue weighted by atomic mass is 10.1. The summed E-state index contributed by atoms with van der Waals surface area (Å²) in [5.74, 6) is 1.66. The van der Waals surface area contributed by atoms with Crippen LogP contribution in [-0.2, 0) is 6.54 Å². The van der Waals surface area contributed by atoms with Crippen LogP contribution in [0.1, 0.15) is 13.3 Å². The fourth-order valence-corrected chi connectivity index (χ4v) is 1.98. The molecular weight excluding hydrogens is 240 g/mol. The number of benzene rings is 1. The van der Waals surface area contributed by atoms with E-state index in [0.29, 0.717) is 0 Å². The number of rotatable bonds is 4. The van der Waals surface area contributed by atoms with Crippen LogP contribution < -0.4 is 0 Å². The van der Waals surface area contributed by atoms with Crippen molar-refractivity contribution in [2.75, 3.05) is 0 Å². The molecule has 0 aliphatic heterocycles. The number of H-pyrrole nitrogens is 1. The van der Waals surface area contributed by atoms with Crippen molar-refractivity contribution in [1.29, 1.82) is 0 Å². The molecule has 96 valence electrons. The molecule has 0 aliphatic rings. The Hall–Kier alpha value is -2.50. The van der Waals surface area contributed by atoms with Crippen molar-refractivity contribution >= 4 is 0 Å². The number of nitrogens with zero attached hydrogens (tertiary/aromatic N) is 5. The van der Waals surface area contributed by atoms with Gasteiger partial charge in [0.15, 0.2) is 11.6 Å². The third-order valence-corrected chi connectivity index (χ3v) is 2.88. The largest absolute Gasteiger partial charge is 0.259 e. The second-order valence-corrected chi connectivity index (χ2v) is 4.22. The molecule has 0 aliphatic carbocycles. The Balaban J connectivity index is 1.92. The van der Waals surface area contributed by atoms with Gasteiger partial charge in [0.1, 0.15) is 12.7 Å². The number of hydrogen-bond acceptors (Lipinski definition) is 4. The summed E-state index contributed by atoms with van der Waals surface area (Å²) >= 11 is 0. The molecule has 6 nitrogen and oxygen atoms in total. The van der Waals surface area contributed by atoms with E-state index in [-0.39, 0.29) is 0 Å². The summed E-state index contributed by atoms with van der Waals surface area (Å²) in [6.07, 6.45) is 4.13. The van der Waals surface area contributed by atoms with Crippen LogP contribution in [0.2, 0.25) is 0 Å². The third-order valence-electron chi connectivity index (χ3n) is 2.88. The Morgan fingerprint density at radius 1 is 1.05 bits per heavy atom. The highest BCUT2D eigenvalue weighted by Gasteiger charge is 2.07. The van der Waals surface area contributed by atoms with E-state index in [9.17, 15) is 0 Å². The smallest absolute Gasteiger partial charge is 0.158 e. The highest BCUT2D eigenvalue weighted by atomic mass is 15.3. The van der Waals surface area contributed by atoms with Crippen LogP contribution in [0.15, 0.2) is 36.9 Å². The molecule has 3 rings (SSSR count). The van der Waals surface area contributed by atoms with Gasteiger partial charge in [0.2, 0.25) is 0 Å². The SMILES string of the molecule is CCCn1ncnc1-c1ccc(-c2ncn[nH]2)cc1. The van der Waals surface area contributed by atoms with Gasteiger partial charge in [-0.3, -0.25) is 5.10 Å². The zero-order valence-corrected chi connectivity index (χ0v) is 10.6. The van der Waals surface area contributed by atoms with Gasteiger partial charge in [-0.1, -0.05) is 31.2 Å². The predicted molar refractivity (Wildman–Crippen MR) is 71.1 cm³/mol. The lowest BCUT2D eigenvalue weighted by molar-refractivity contribution is 0.608. The number of hydrogen-bond donors (Lipinski definition) is 1. The van der Waals surface area contributed by atoms with Gasteiger partial charge < -0.3 is 0 Å². The van der Waals surface area contributed by atoms with Gasteiger partial charge >= 0.3 is 0 Å². The second-order valence-electron chi connectivity index (χ2n) is 4.22. The summed E-state index contributed by atoms with van der Waals surface area (Å²) in [7, 11) is 0. The lowest BCUT2D eigenvalue weighted by Crippen LogP contribution is -2.01. The van der Waals surface area contributed by atoms with Gasteiger partial charge in [-0.25, -0.2) is 14.6 Å². The summed E-state index contributed by atoms with van der Waals surface area (Å²) in [4.78, 5) is 8.44. The molecule has 0 unspecified atom stereocenters. The zero-order valence-electron chi connectivity index (χ0n) is 10.6. The summed E-state index contributed by atoms with van der Waals surface area (Å²) in [6, 6.07) is 8.05. The van der Waals surface area contributed by atoms with E-state index in [1.807, 2.05) is 28.9 Å². The summed E-state index contributed by atoms with van der Waals surface area (Å²) in [5, 5.41) is 10.9. The lowest BCUT2D eigenvalue weighted by Gasteiger charge is -2.05. The fourth-order valence-electron chi connectivity index (χ4n) is 1.98. The highest BCUT2D eigenvalue weighted by Crippen LogP contribution is 2.21. The minimum atomic E-state index is 0.765. The van der Waals surface area contributed by atoms with E-state index in [0.717, 1.165) is 35.7 Å². The molecule has 6 heteroatoms. The van der Waals surface area contributed by atoms with E-state index in [4.69, 9.17) is 0 Å². The van der Waals surface area contributed by atoms with Crippen molar-refractivity contribution in [2.45, 2.75) is 19.9 Å². The van der Waals surface area contributed by atoms with Crippen LogP contribution in [0.4, 0.5) is 0 Å². The third kappa shape index (κ3) is 2.24. The molecular formula is C13H14N6. The average molecular weight is 254 g/mol. The molecule has 0 saturated carbocycles. The van der Waals surface area contributed by atoms with E-state index in [1.54, 1.807) is 6.33 Å². The zero-order chi connectivity index (χ0) is 13.1. The number of nitrogens with one attached hydrogen (secondary N) is 1. The van der Waals surface area contributed by atoms with Gasteiger partial charge in [-0.15, -0.1) is 0 Å². The molecule has 0 atom stereocenters. The first-order chi connectivity index (χ1) is 9.38. The molecule has 0 fully saturated rings. The van der Waals surface area contributed by atoms with Crippen LogP contribution in [0.25, 0.3) is 22.8 Å². The van der Waals surface area contributed by atoms with Crippen LogP contribution in [0.5, 0.6) is 0 Å². The van der Waals surface area contributed by atoms with E-state index >= 15 is 0 Å². The molecule has 0 spiro atoms. The number of aryl methyl sites for hydroxylation is 1. The first-order valence-corrected chi connectivity index (χ1v) is 6.22. The standard InChI is InChI=1S/C13H14N6/c1-2-7-19-13(15-9-17-19)11-5-3-10(4-6-11)12-14-8-16-18-12/h3-6,8-9H,2,7H2,1H3,(H,14,16,18). The maximum atomic E-state index is 4.31. The van der Waals surface area contributed by atoms with Crippen molar-refractivity contribution in [1.82, 2.24) is 29.9 Å². The van der Waals surface area contributed by atoms with Crippen LogP contribution >= 0.6 is 0 Å². The minimum Gasteiger partial charge on any atom is -0.259 e. The van der Waals surface area contributed by atoms with Crippen molar-refractivity contribution in [2.24, 2.45) is 0 Å². The predicted octanol–water partition coefficient (Wildman–Crippen LogP) is 2.14.